The van der Waals surface area contributed by atoms with Crippen molar-refractivity contribution in [1.29, 1.82) is 0 Å². The maximum Gasteiger partial charge on any atom is 0.256 e. The molecule has 2 aromatic heterocycles. The fourth-order valence-electron chi connectivity index (χ4n) is 3.06. The van der Waals surface area contributed by atoms with Gasteiger partial charge in [0, 0.05) is 32.4 Å². The molecule has 1 aromatic carbocycles. The zero-order valence-corrected chi connectivity index (χ0v) is 12.9. The highest BCUT2D eigenvalue weighted by molar-refractivity contribution is 6.03. The molecule has 1 N–H and O–H groups in total. The number of nitrogens with zero attached hydrogens (tertiary/aromatic N) is 4. The van der Waals surface area contributed by atoms with Gasteiger partial charge in [-0.2, -0.15) is 0 Å². The van der Waals surface area contributed by atoms with Crippen molar-refractivity contribution in [1.82, 2.24) is 19.9 Å². The summed E-state index contributed by atoms with van der Waals surface area (Å²) in [6.07, 6.45) is 3.12. The lowest BCUT2D eigenvalue weighted by atomic mass is 10.1. The number of pyridine rings is 1. The molecule has 0 saturated carbocycles. The number of anilines is 1. The van der Waals surface area contributed by atoms with Crippen LogP contribution < -0.4 is 4.90 Å². The third kappa shape index (κ3) is 2.47. The summed E-state index contributed by atoms with van der Waals surface area (Å²) in [6, 6.07) is 8.42. The number of para-hydroxylation sites is 1. The van der Waals surface area contributed by atoms with Crippen LogP contribution in [0.2, 0.25) is 0 Å². The van der Waals surface area contributed by atoms with E-state index in [1.165, 1.54) is 12.4 Å². The number of benzene rings is 1. The number of fused-ring (bicyclic) bond motifs is 1. The van der Waals surface area contributed by atoms with E-state index in [0.29, 0.717) is 48.6 Å². The Bertz CT molecular complexity index is 885. The normalized spacial score (nSPS) is 15.0. The molecule has 0 unspecified atom stereocenters. The lowest BCUT2D eigenvalue weighted by molar-refractivity contribution is 0.0748. The maximum atomic E-state index is 13.9. The van der Waals surface area contributed by atoms with Crippen LogP contribution in [0, 0.1) is 5.82 Å². The molecule has 0 spiro atoms. The Kier molecular flexibility index (Phi) is 3.60. The number of aromatic nitrogens is 3. The van der Waals surface area contributed by atoms with Crippen molar-refractivity contribution in [2.24, 2.45) is 0 Å². The third-order valence-corrected chi connectivity index (χ3v) is 4.32. The van der Waals surface area contributed by atoms with Crippen LogP contribution in [0.5, 0.6) is 0 Å². The fraction of sp³-hybridized carbons (Fsp3) is 0.235. The van der Waals surface area contributed by atoms with Crippen LogP contribution in [-0.2, 0) is 0 Å². The second kappa shape index (κ2) is 5.92. The standard InChI is InChI=1S/C17H16FN5O/c18-13-3-1-2-4-14(13)22-7-9-23(10-8-22)17(24)12-5-6-19-16-15(12)20-11-21-16/h1-6,11H,7-10H2,(H,19,20,21). The highest BCUT2D eigenvalue weighted by Gasteiger charge is 2.25. The van der Waals surface area contributed by atoms with Crippen molar-refractivity contribution in [2.45, 2.75) is 0 Å². The monoisotopic (exact) mass is 325 g/mol. The van der Waals surface area contributed by atoms with Gasteiger partial charge in [-0.25, -0.2) is 14.4 Å². The van der Waals surface area contributed by atoms with Crippen LogP contribution in [-0.4, -0.2) is 51.9 Å². The molecule has 6 nitrogen and oxygen atoms in total. The minimum absolute atomic E-state index is 0.0557. The van der Waals surface area contributed by atoms with Gasteiger partial charge < -0.3 is 14.8 Å². The van der Waals surface area contributed by atoms with Gasteiger partial charge in [-0.05, 0) is 18.2 Å². The lowest BCUT2D eigenvalue weighted by Crippen LogP contribution is -2.49. The topological polar surface area (TPSA) is 65.1 Å². The quantitative estimate of drug-likeness (QED) is 0.783. The molecule has 1 fully saturated rings. The van der Waals surface area contributed by atoms with Crippen molar-refractivity contribution >= 4 is 22.8 Å². The average molecular weight is 325 g/mol. The lowest BCUT2D eigenvalue weighted by Gasteiger charge is -2.36. The number of carbonyl (C=O) groups is 1. The van der Waals surface area contributed by atoms with E-state index in [-0.39, 0.29) is 11.7 Å². The Labute approximate surface area is 137 Å². The Morgan fingerprint density at radius 3 is 2.67 bits per heavy atom. The predicted molar refractivity (Wildman–Crippen MR) is 88.4 cm³/mol. The SMILES string of the molecule is O=C(c1ccnc2nc[nH]c12)N1CCN(c2ccccc2F)CC1. The van der Waals surface area contributed by atoms with E-state index < -0.39 is 0 Å². The molecule has 0 bridgehead atoms. The van der Waals surface area contributed by atoms with E-state index in [1.807, 2.05) is 11.0 Å². The van der Waals surface area contributed by atoms with Gasteiger partial charge in [-0.15, -0.1) is 0 Å². The Hall–Kier alpha value is -2.96. The zero-order valence-electron chi connectivity index (χ0n) is 12.9. The van der Waals surface area contributed by atoms with Crippen molar-refractivity contribution in [3.8, 4) is 0 Å². The molecule has 1 saturated heterocycles. The minimum atomic E-state index is -0.231. The summed E-state index contributed by atoms with van der Waals surface area (Å²) < 4.78 is 13.9. The van der Waals surface area contributed by atoms with Gasteiger partial charge in [-0.3, -0.25) is 4.79 Å². The van der Waals surface area contributed by atoms with Crippen molar-refractivity contribution < 1.29 is 9.18 Å². The van der Waals surface area contributed by atoms with Crippen LogP contribution in [0.4, 0.5) is 10.1 Å². The smallest absolute Gasteiger partial charge is 0.256 e. The average Bonchev–Trinajstić information content (AvgIpc) is 3.10. The van der Waals surface area contributed by atoms with Gasteiger partial charge in [0.15, 0.2) is 5.65 Å². The molecule has 122 valence electrons. The molecule has 0 atom stereocenters. The van der Waals surface area contributed by atoms with Crippen molar-refractivity contribution in [3.05, 3.63) is 54.2 Å². The molecule has 24 heavy (non-hydrogen) atoms. The number of amides is 1. The maximum absolute atomic E-state index is 13.9. The minimum Gasteiger partial charge on any atom is -0.366 e. The molecule has 7 heteroatoms. The van der Waals surface area contributed by atoms with Crippen molar-refractivity contribution in [2.75, 3.05) is 31.1 Å². The number of halogens is 1. The molecule has 4 rings (SSSR count). The highest BCUT2D eigenvalue weighted by Crippen LogP contribution is 2.21. The van der Waals surface area contributed by atoms with Gasteiger partial charge in [-0.1, -0.05) is 12.1 Å². The molecule has 1 amide bonds. The predicted octanol–water partition coefficient (Wildman–Crippen LogP) is 2.06. The fourth-order valence-corrected chi connectivity index (χ4v) is 3.06. The molecular formula is C17H16FN5O. The number of hydrogen-bond acceptors (Lipinski definition) is 4. The van der Waals surface area contributed by atoms with E-state index in [1.54, 1.807) is 29.3 Å². The number of aromatic amines is 1. The Morgan fingerprint density at radius 1 is 1.08 bits per heavy atom. The van der Waals surface area contributed by atoms with Gasteiger partial charge in [0.05, 0.1) is 23.1 Å². The number of H-pyrrole nitrogens is 1. The first-order valence-corrected chi connectivity index (χ1v) is 7.81. The van der Waals surface area contributed by atoms with E-state index >= 15 is 0 Å². The molecular weight excluding hydrogens is 309 g/mol. The molecule has 3 aromatic rings. The molecule has 0 radical (unpaired) electrons. The zero-order chi connectivity index (χ0) is 16.5. The van der Waals surface area contributed by atoms with Gasteiger partial charge >= 0.3 is 0 Å². The Morgan fingerprint density at radius 2 is 1.88 bits per heavy atom. The number of hydrogen-bond donors (Lipinski definition) is 1. The van der Waals surface area contributed by atoms with E-state index in [9.17, 15) is 9.18 Å². The summed E-state index contributed by atoms with van der Waals surface area (Å²) in [5.41, 5.74) is 2.34. The first-order valence-electron chi connectivity index (χ1n) is 7.81. The number of nitrogens with one attached hydrogen (secondary N) is 1. The summed E-state index contributed by atoms with van der Waals surface area (Å²) in [6.45, 7) is 2.30. The van der Waals surface area contributed by atoms with Crippen LogP contribution in [0.3, 0.4) is 0 Å². The van der Waals surface area contributed by atoms with Crippen molar-refractivity contribution in [3.63, 3.8) is 0 Å². The number of imidazole rings is 1. The summed E-state index contributed by atoms with van der Waals surface area (Å²) in [5, 5.41) is 0. The first-order chi connectivity index (χ1) is 11.7. The Balaban J connectivity index is 1.51. The van der Waals surface area contributed by atoms with Gasteiger partial charge in [0.2, 0.25) is 0 Å². The number of rotatable bonds is 2. The summed E-state index contributed by atoms with van der Waals surface area (Å²) in [7, 11) is 0. The molecule has 3 heterocycles. The van der Waals surface area contributed by atoms with E-state index in [2.05, 4.69) is 15.0 Å². The highest BCUT2D eigenvalue weighted by atomic mass is 19.1. The summed E-state index contributed by atoms with van der Waals surface area (Å²) >= 11 is 0. The largest absolute Gasteiger partial charge is 0.366 e. The summed E-state index contributed by atoms with van der Waals surface area (Å²) in [4.78, 5) is 27.7. The van der Waals surface area contributed by atoms with Crippen LogP contribution >= 0.6 is 0 Å². The van der Waals surface area contributed by atoms with Crippen LogP contribution in [0.25, 0.3) is 11.2 Å². The second-order valence-corrected chi connectivity index (χ2v) is 5.69. The summed E-state index contributed by atoms with van der Waals surface area (Å²) in [5.74, 6) is -0.287. The van der Waals surface area contributed by atoms with Gasteiger partial charge in [0.1, 0.15) is 5.82 Å². The third-order valence-electron chi connectivity index (χ3n) is 4.32. The van der Waals surface area contributed by atoms with E-state index in [4.69, 9.17) is 0 Å². The molecule has 0 aliphatic carbocycles. The first kappa shape index (κ1) is 14.6. The molecule has 1 aliphatic rings. The number of carbonyl (C=O) groups excluding carboxylic acids is 1. The van der Waals surface area contributed by atoms with Crippen LogP contribution in [0.1, 0.15) is 10.4 Å². The van der Waals surface area contributed by atoms with Gasteiger partial charge in [0.25, 0.3) is 5.91 Å². The number of piperazine rings is 1. The van der Waals surface area contributed by atoms with E-state index in [0.717, 1.165) is 0 Å². The second-order valence-electron chi connectivity index (χ2n) is 5.69. The van der Waals surface area contributed by atoms with Crippen LogP contribution in [0.15, 0.2) is 42.9 Å². The molecule has 1 aliphatic heterocycles.